The zero-order valence-electron chi connectivity index (χ0n) is 7.52. The molecule has 13 heavy (non-hydrogen) atoms. The molecular formula is C7H12N2O3S. The summed E-state index contributed by atoms with van der Waals surface area (Å²) in [5.41, 5.74) is 0. The minimum absolute atomic E-state index is 0.217. The number of rotatable bonds is 2. The smallest absolute Gasteiger partial charge is 0.269 e. The molecule has 0 saturated heterocycles. The molecular weight excluding hydrogens is 192 g/mol. The highest BCUT2D eigenvalue weighted by atomic mass is 32.2. The summed E-state index contributed by atoms with van der Waals surface area (Å²) in [6.45, 7) is 4.18. The third-order valence-corrected chi connectivity index (χ3v) is 2.82. The third-order valence-electron chi connectivity index (χ3n) is 1.48. The molecule has 0 unspecified atom stereocenters. The molecule has 0 fully saturated rings. The van der Waals surface area contributed by atoms with Crippen LogP contribution in [0.1, 0.15) is 13.8 Å². The van der Waals surface area contributed by atoms with Gasteiger partial charge in [0, 0.05) is 18.8 Å². The second-order valence-electron chi connectivity index (χ2n) is 3.25. The van der Waals surface area contributed by atoms with Gasteiger partial charge in [-0.15, -0.1) is 0 Å². The van der Waals surface area contributed by atoms with Gasteiger partial charge in [0.1, 0.15) is 0 Å². The molecule has 1 aliphatic rings. The second-order valence-corrected chi connectivity index (χ2v) is 4.87. The average Bonchev–Trinajstić information content (AvgIpc) is 1.93. The fourth-order valence-corrected chi connectivity index (χ4v) is 2.12. The maximum Gasteiger partial charge on any atom is 0.325 e. The van der Waals surface area contributed by atoms with Gasteiger partial charge in [0.25, 0.3) is 5.91 Å². The number of carbonyl (C=O) groups is 1. The highest BCUT2D eigenvalue weighted by molar-refractivity contribution is 7.87. The van der Waals surface area contributed by atoms with E-state index >= 15 is 0 Å². The van der Waals surface area contributed by atoms with Crippen LogP contribution in [-0.4, -0.2) is 25.2 Å². The van der Waals surface area contributed by atoms with Crippen LogP contribution in [0.25, 0.3) is 0 Å². The van der Waals surface area contributed by atoms with Crippen molar-refractivity contribution in [2.75, 3.05) is 6.54 Å². The number of nitrogens with one attached hydrogen (secondary N) is 1. The summed E-state index contributed by atoms with van der Waals surface area (Å²) in [6, 6.07) is 0. The monoisotopic (exact) mass is 204 g/mol. The Morgan fingerprint density at radius 1 is 1.54 bits per heavy atom. The third kappa shape index (κ3) is 2.45. The number of nitrogens with zero attached hydrogens (tertiary/aromatic N) is 1. The highest BCUT2D eigenvalue weighted by Crippen LogP contribution is 2.08. The molecule has 0 aromatic heterocycles. The molecule has 1 aliphatic heterocycles. The lowest BCUT2D eigenvalue weighted by molar-refractivity contribution is -0.115. The minimum Gasteiger partial charge on any atom is -0.269 e. The topological polar surface area (TPSA) is 66.5 Å². The second kappa shape index (κ2) is 3.37. The SMILES string of the molecule is CC(C)CN1C=CC(=O)NS1(=O)=O. The molecule has 6 heteroatoms. The van der Waals surface area contributed by atoms with Crippen LogP contribution in [0.3, 0.4) is 0 Å². The Bertz CT molecular complexity index is 332. The van der Waals surface area contributed by atoms with Crippen LogP contribution < -0.4 is 4.72 Å². The molecule has 0 aromatic rings. The van der Waals surface area contributed by atoms with E-state index in [2.05, 4.69) is 0 Å². The van der Waals surface area contributed by atoms with Crippen molar-refractivity contribution in [1.82, 2.24) is 9.03 Å². The molecule has 0 saturated carbocycles. The first-order valence-electron chi connectivity index (χ1n) is 3.93. The minimum atomic E-state index is -3.62. The van der Waals surface area contributed by atoms with E-state index in [9.17, 15) is 13.2 Å². The molecule has 0 radical (unpaired) electrons. The van der Waals surface area contributed by atoms with E-state index < -0.39 is 16.1 Å². The Balaban J connectivity index is 2.85. The van der Waals surface area contributed by atoms with Crippen LogP contribution in [0.4, 0.5) is 0 Å². The molecule has 0 aromatic carbocycles. The molecule has 74 valence electrons. The van der Waals surface area contributed by atoms with Crippen molar-refractivity contribution in [3.8, 4) is 0 Å². The zero-order valence-corrected chi connectivity index (χ0v) is 8.34. The van der Waals surface area contributed by atoms with Crippen molar-refractivity contribution in [3.63, 3.8) is 0 Å². The highest BCUT2D eigenvalue weighted by Gasteiger charge is 2.24. The molecule has 0 aliphatic carbocycles. The Hall–Kier alpha value is -1.04. The van der Waals surface area contributed by atoms with Crippen LogP contribution >= 0.6 is 0 Å². The van der Waals surface area contributed by atoms with E-state index in [1.165, 1.54) is 12.3 Å². The molecule has 1 heterocycles. The average molecular weight is 204 g/mol. The predicted molar refractivity (Wildman–Crippen MR) is 47.7 cm³/mol. The van der Waals surface area contributed by atoms with Gasteiger partial charge in [0.05, 0.1) is 0 Å². The van der Waals surface area contributed by atoms with E-state index in [0.717, 1.165) is 4.31 Å². The quantitative estimate of drug-likeness (QED) is 0.679. The number of hydrogen-bond donors (Lipinski definition) is 1. The molecule has 0 atom stereocenters. The van der Waals surface area contributed by atoms with E-state index in [0.29, 0.717) is 6.54 Å². The Kier molecular flexibility index (Phi) is 2.60. The summed E-state index contributed by atoms with van der Waals surface area (Å²) in [5.74, 6) is -0.380. The van der Waals surface area contributed by atoms with Crippen molar-refractivity contribution < 1.29 is 13.2 Å². The van der Waals surface area contributed by atoms with E-state index in [1.54, 1.807) is 0 Å². The van der Waals surface area contributed by atoms with E-state index in [-0.39, 0.29) is 5.92 Å². The maximum atomic E-state index is 11.3. The number of amides is 1. The van der Waals surface area contributed by atoms with Gasteiger partial charge in [0.2, 0.25) is 0 Å². The summed E-state index contributed by atoms with van der Waals surface area (Å²) in [6.07, 6.45) is 2.48. The zero-order chi connectivity index (χ0) is 10.1. The van der Waals surface area contributed by atoms with Gasteiger partial charge in [-0.3, -0.25) is 9.10 Å². The normalized spacial score (nSPS) is 20.5. The fraction of sp³-hybridized carbons (Fsp3) is 0.571. The summed E-state index contributed by atoms with van der Waals surface area (Å²) >= 11 is 0. The standard InChI is InChI=1S/C7H12N2O3S/c1-6(2)5-9-4-3-7(10)8-13(9,11)12/h3-4,6H,5H2,1-2H3,(H,8,10). The first-order valence-corrected chi connectivity index (χ1v) is 5.37. The van der Waals surface area contributed by atoms with E-state index in [4.69, 9.17) is 0 Å². The van der Waals surface area contributed by atoms with Gasteiger partial charge >= 0.3 is 10.2 Å². The van der Waals surface area contributed by atoms with Crippen molar-refractivity contribution in [1.29, 1.82) is 0 Å². The van der Waals surface area contributed by atoms with Gasteiger partial charge in [-0.2, -0.15) is 8.42 Å². The summed E-state index contributed by atoms with van der Waals surface area (Å²) in [7, 11) is -3.62. The van der Waals surface area contributed by atoms with Gasteiger partial charge in [-0.05, 0) is 5.92 Å². The summed E-state index contributed by atoms with van der Waals surface area (Å²) in [5, 5.41) is 0. The first-order chi connectivity index (χ1) is 5.92. The molecule has 1 N–H and O–H groups in total. The van der Waals surface area contributed by atoms with E-state index in [1.807, 2.05) is 18.6 Å². The van der Waals surface area contributed by atoms with Crippen LogP contribution in [-0.2, 0) is 15.0 Å². The van der Waals surface area contributed by atoms with Crippen molar-refractivity contribution in [2.24, 2.45) is 5.92 Å². The predicted octanol–water partition coefficient (Wildman–Crippen LogP) is -0.167. The van der Waals surface area contributed by atoms with Crippen molar-refractivity contribution >= 4 is 16.1 Å². The fourth-order valence-electron chi connectivity index (χ4n) is 0.970. The molecule has 0 spiro atoms. The Morgan fingerprint density at radius 3 is 2.62 bits per heavy atom. The van der Waals surface area contributed by atoms with Crippen LogP contribution in [0.5, 0.6) is 0 Å². The van der Waals surface area contributed by atoms with Gasteiger partial charge in [0.15, 0.2) is 0 Å². The summed E-state index contributed by atoms with van der Waals surface area (Å²) in [4.78, 5) is 10.7. The number of hydrogen-bond acceptors (Lipinski definition) is 3. The molecule has 1 amide bonds. The summed E-state index contributed by atoms with van der Waals surface area (Å²) < 4.78 is 25.5. The van der Waals surface area contributed by atoms with Crippen LogP contribution in [0, 0.1) is 5.92 Å². The molecule has 5 nitrogen and oxygen atoms in total. The van der Waals surface area contributed by atoms with Gasteiger partial charge in [-0.25, -0.2) is 4.72 Å². The van der Waals surface area contributed by atoms with Crippen LogP contribution in [0.2, 0.25) is 0 Å². The first kappa shape index (κ1) is 10.0. The lowest BCUT2D eigenvalue weighted by atomic mass is 10.2. The van der Waals surface area contributed by atoms with Gasteiger partial charge in [-0.1, -0.05) is 13.8 Å². The molecule has 1 rings (SSSR count). The van der Waals surface area contributed by atoms with Crippen molar-refractivity contribution in [2.45, 2.75) is 13.8 Å². The number of carbonyl (C=O) groups excluding carboxylic acids is 1. The maximum absolute atomic E-state index is 11.3. The van der Waals surface area contributed by atoms with Crippen molar-refractivity contribution in [3.05, 3.63) is 12.3 Å². The molecule has 0 bridgehead atoms. The van der Waals surface area contributed by atoms with Crippen LogP contribution in [0.15, 0.2) is 12.3 Å². The Labute approximate surface area is 77.6 Å². The van der Waals surface area contributed by atoms with Gasteiger partial charge < -0.3 is 0 Å². The lowest BCUT2D eigenvalue weighted by Gasteiger charge is -2.24. The largest absolute Gasteiger partial charge is 0.325 e. The lowest BCUT2D eigenvalue weighted by Crippen LogP contribution is -2.44. The Morgan fingerprint density at radius 2 is 2.15 bits per heavy atom.